The summed E-state index contributed by atoms with van der Waals surface area (Å²) in [6.45, 7) is 8.21. The SMILES string of the molecule is CCCNC1CC(C)(C)c2cc3c(cc21)CCCC3. The van der Waals surface area contributed by atoms with Gasteiger partial charge in [-0.1, -0.05) is 32.9 Å². The Kier molecular flexibility index (Phi) is 3.42. The summed E-state index contributed by atoms with van der Waals surface area (Å²) in [5.41, 5.74) is 6.81. The highest BCUT2D eigenvalue weighted by atomic mass is 14.9. The van der Waals surface area contributed by atoms with E-state index in [0.29, 0.717) is 11.5 Å². The molecular weight excluding hydrogens is 230 g/mol. The van der Waals surface area contributed by atoms with Crippen molar-refractivity contribution in [3.63, 3.8) is 0 Å². The van der Waals surface area contributed by atoms with Crippen molar-refractivity contribution in [2.45, 2.75) is 70.8 Å². The zero-order valence-corrected chi connectivity index (χ0v) is 12.7. The molecule has 2 aliphatic carbocycles. The van der Waals surface area contributed by atoms with E-state index in [9.17, 15) is 0 Å². The van der Waals surface area contributed by atoms with E-state index in [-0.39, 0.29) is 0 Å². The van der Waals surface area contributed by atoms with Gasteiger partial charge in [-0.15, -0.1) is 0 Å². The molecule has 3 rings (SSSR count). The number of hydrogen-bond acceptors (Lipinski definition) is 1. The molecule has 0 aliphatic heterocycles. The second-order valence-electron chi connectivity index (χ2n) is 7.01. The van der Waals surface area contributed by atoms with Gasteiger partial charge in [-0.2, -0.15) is 0 Å². The Morgan fingerprint density at radius 3 is 2.53 bits per heavy atom. The average Bonchev–Trinajstić information content (AvgIpc) is 2.65. The Labute approximate surface area is 117 Å². The van der Waals surface area contributed by atoms with E-state index in [1.165, 1.54) is 38.5 Å². The standard InChI is InChI=1S/C18H27N/c1-4-9-19-17-12-18(2,3)16-11-14-8-6-5-7-13(14)10-15(16)17/h10-11,17,19H,4-9,12H2,1-3H3. The van der Waals surface area contributed by atoms with Gasteiger partial charge in [-0.25, -0.2) is 0 Å². The Morgan fingerprint density at radius 1 is 1.16 bits per heavy atom. The van der Waals surface area contributed by atoms with E-state index < -0.39 is 0 Å². The Bertz CT molecular complexity index is 473. The number of benzene rings is 1. The third-order valence-corrected chi connectivity index (χ3v) is 4.97. The van der Waals surface area contributed by atoms with Crippen LogP contribution < -0.4 is 5.32 Å². The molecular formula is C18H27N. The fraction of sp³-hybridized carbons (Fsp3) is 0.667. The minimum Gasteiger partial charge on any atom is -0.310 e. The number of aryl methyl sites for hydroxylation is 2. The highest BCUT2D eigenvalue weighted by Gasteiger charge is 2.37. The number of nitrogens with one attached hydrogen (secondary N) is 1. The summed E-state index contributed by atoms with van der Waals surface area (Å²) >= 11 is 0. The third-order valence-electron chi connectivity index (χ3n) is 4.97. The van der Waals surface area contributed by atoms with Gasteiger partial charge in [0.1, 0.15) is 0 Å². The van der Waals surface area contributed by atoms with E-state index >= 15 is 0 Å². The number of hydrogen-bond donors (Lipinski definition) is 1. The second kappa shape index (κ2) is 4.94. The predicted octanol–water partition coefficient (Wildman–Crippen LogP) is 4.29. The largest absolute Gasteiger partial charge is 0.310 e. The van der Waals surface area contributed by atoms with Gasteiger partial charge in [0.2, 0.25) is 0 Å². The zero-order valence-electron chi connectivity index (χ0n) is 12.7. The van der Waals surface area contributed by atoms with Crippen molar-refractivity contribution in [1.29, 1.82) is 0 Å². The van der Waals surface area contributed by atoms with Crippen LogP contribution in [-0.4, -0.2) is 6.54 Å². The minimum absolute atomic E-state index is 0.340. The van der Waals surface area contributed by atoms with E-state index in [1.807, 2.05) is 0 Å². The van der Waals surface area contributed by atoms with Crippen molar-refractivity contribution in [3.05, 3.63) is 34.4 Å². The summed E-state index contributed by atoms with van der Waals surface area (Å²) < 4.78 is 0. The Morgan fingerprint density at radius 2 is 1.84 bits per heavy atom. The second-order valence-corrected chi connectivity index (χ2v) is 7.01. The fourth-order valence-corrected chi connectivity index (χ4v) is 3.91. The van der Waals surface area contributed by atoms with Crippen LogP contribution in [0.5, 0.6) is 0 Å². The summed E-state index contributed by atoms with van der Waals surface area (Å²) in [6, 6.07) is 5.65. The molecule has 1 aromatic carbocycles. The van der Waals surface area contributed by atoms with Crippen molar-refractivity contribution in [3.8, 4) is 0 Å². The molecule has 1 N–H and O–H groups in total. The van der Waals surface area contributed by atoms with Crippen molar-refractivity contribution in [2.24, 2.45) is 0 Å². The molecule has 0 spiro atoms. The third kappa shape index (κ3) is 2.33. The molecule has 104 valence electrons. The summed E-state index contributed by atoms with van der Waals surface area (Å²) in [6.07, 6.45) is 7.82. The van der Waals surface area contributed by atoms with Crippen molar-refractivity contribution >= 4 is 0 Å². The molecule has 0 fully saturated rings. The van der Waals surface area contributed by atoms with Crippen molar-refractivity contribution in [1.82, 2.24) is 5.32 Å². The van der Waals surface area contributed by atoms with Gasteiger partial charge in [0.05, 0.1) is 0 Å². The van der Waals surface area contributed by atoms with E-state index in [4.69, 9.17) is 0 Å². The Hall–Kier alpha value is -0.820. The van der Waals surface area contributed by atoms with Crippen LogP contribution in [0.2, 0.25) is 0 Å². The number of rotatable bonds is 3. The van der Waals surface area contributed by atoms with E-state index in [1.54, 1.807) is 22.3 Å². The van der Waals surface area contributed by atoms with Crippen LogP contribution in [0.25, 0.3) is 0 Å². The molecule has 0 heterocycles. The van der Waals surface area contributed by atoms with Gasteiger partial charge >= 0.3 is 0 Å². The molecule has 1 atom stereocenters. The highest BCUT2D eigenvalue weighted by Crippen LogP contribution is 2.46. The molecule has 1 unspecified atom stereocenters. The number of fused-ring (bicyclic) bond motifs is 2. The van der Waals surface area contributed by atoms with E-state index in [0.717, 1.165) is 6.54 Å². The fourth-order valence-electron chi connectivity index (χ4n) is 3.91. The molecule has 0 bridgehead atoms. The smallest absolute Gasteiger partial charge is 0.0331 e. The minimum atomic E-state index is 0.340. The van der Waals surface area contributed by atoms with Gasteiger partial charge < -0.3 is 5.32 Å². The topological polar surface area (TPSA) is 12.0 Å². The zero-order chi connectivity index (χ0) is 13.5. The van der Waals surface area contributed by atoms with Crippen LogP contribution in [0, 0.1) is 0 Å². The molecule has 0 saturated heterocycles. The monoisotopic (exact) mass is 257 g/mol. The normalized spacial score (nSPS) is 24.1. The molecule has 0 radical (unpaired) electrons. The van der Waals surface area contributed by atoms with Gasteiger partial charge in [0.25, 0.3) is 0 Å². The highest BCUT2D eigenvalue weighted by molar-refractivity contribution is 5.48. The lowest BCUT2D eigenvalue weighted by Gasteiger charge is -2.22. The van der Waals surface area contributed by atoms with Crippen LogP contribution in [0.3, 0.4) is 0 Å². The quantitative estimate of drug-likeness (QED) is 0.852. The Balaban J connectivity index is 1.99. The van der Waals surface area contributed by atoms with Gasteiger partial charge in [0.15, 0.2) is 0 Å². The molecule has 1 nitrogen and oxygen atoms in total. The van der Waals surface area contributed by atoms with Crippen molar-refractivity contribution in [2.75, 3.05) is 6.54 Å². The lowest BCUT2D eigenvalue weighted by atomic mass is 9.82. The molecule has 0 aromatic heterocycles. The first-order valence-corrected chi connectivity index (χ1v) is 8.01. The summed E-state index contributed by atoms with van der Waals surface area (Å²) in [5.74, 6) is 0. The molecule has 0 amide bonds. The molecule has 2 aliphatic rings. The summed E-state index contributed by atoms with van der Waals surface area (Å²) in [4.78, 5) is 0. The van der Waals surface area contributed by atoms with Crippen LogP contribution in [0.15, 0.2) is 12.1 Å². The molecule has 1 aromatic rings. The van der Waals surface area contributed by atoms with Gasteiger partial charge in [-0.05, 0) is 72.7 Å². The summed E-state index contributed by atoms with van der Waals surface area (Å²) in [5, 5.41) is 3.75. The van der Waals surface area contributed by atoms with Crippen molar-refractivity contribution < 1.29 is 0 Å². The first-order valence-electron chi connectivity index (χ1n) is 8.01. The van der Waals surface area contributed by atoms with Crippen LogP contribution in [-0.2, 0) is 18.3 Å². The van der Waals surface area contributed by atoms with Crippen LogP contribution in [0.4, 0.5) is 0 Å². The lowest BCUT2D eigenvalue weighted by Crippen LogP contribution is -2.22. The molecule has 0 saturated carbocycles. The lowest BCUT2D eigenvalue weighted by molar-refractivity contribution is 0.427. The maximum Gasteiger partial charge on any atom is 0.0331 e. The van der Waals surface area contributed by atoms with Gasteiger partial charge in [0, 0.05) is 6.04 Å². The first kappa shape index (κ1) is 13.2. The van der Waals surface area contributed by atoms with Gasteiger partial charge in [-0.3, -0.25) is 0 Å². The van der Waals surface area contributed by atoms with E-state index in [2.05, 4.69) is 38.2 Å². The molecule has 1 heteroatoms. The first-order chi connectivity index (χ1) is 9.12. The maximum absolute atomic E-state index is 3.75. The van der Waals surface area contributed by atoms with Crippen LogP contribution in [0.1, 0.15) is 74.8 Å². The predicted molar refractivity (Wildman–Crippen MR) is 81.8 cm³/mol. The average molecular weight is 257 g/mol. The maximum atomic E-state index is 3.75. The molecule has 19 heavy (non-hydrogen) atoms. The van der Waals surface area contributed by atoms with Crippen LogP contribution >= 0.6 is 0 Å². The summed E-state index contributed by atoms with van der Waals surface area (Å²) in [7, 11) is 0.